The molecular weight excluding hydrogens is 353 g/mol. The van der Waals surface area contributed by atoms with Crippen molar-refractivity contribution in [3.05, 3.63) is 46.7 Å². The fourth-order valence-corrected chi connectivity index (χ4v) is 4.85. The zero-order valence-electron chi connectivity index (χ0n) is 14.3. The second-order valence-corrected chi connectivity index (χ2v) is 7.77. The third kappa shape index (κ3) is 3.44. The van der Waals surface area contributed by atoms with E-state index in [-0.39, 0.29) is 11.9 Å². The molecule has 1 amide bonds. The monoisotopic (exact) mass is 375 g/mol. The van der Waals surface area contributed by atoms with Crippen molar-refractivity contribution in [2.45, 2.75) is 24.8 Å². The van der Waals surface area contributed by atoms with E-state index in [9.17, 15) is 9.18 Å². The van der Waals surface area contributed by atoms with Crippen molar-refractivity contribution in [1.82, 2.24) is 15.8 Å². The van der Waals surface area contributed by atoms with E-state index in [1.807, 2.05) is 12.1 Å². The van der Waals surface area contributed by atoms with Gasteiger partial charge in [-0.2, -0.15) is 0 Å². The number of rotatable bonds is 4. The second-order valence-electron chi connectivity index (χ2n) is 6.94. The van der Waals surface area contributed by atoms with Crippen molar-refractivity contribution >= 4 is 22.4 Å². The molecule has 3 unspecified atom stereocenters. The number of hydrazine groups is 1. The van der Waals surface area contributed by atoms with Crippen molar-refractivity contribution in [2.75, 3.05) is 24.5 Å². The lowest BCUT2D eigenvalue weighted by molar-refractivity contribution is 0.0996. The first-order valence-corrected chi connectivity index (χ1v) is 9.74. The molecule has 138 valence electrons. The molecule has 2 fully saturated rings. The molecule has 1 aromatic carbocycles. The zero-order valence-corrected chi connectivity index (χ0v) is 15.1. The van der Waals surface area contributed by atoms with E-state index in [4.69, 9.17) is 5.73 Å². The predicted molar refractivity (Wildman–Crippen MR) is 99.6 cm³/mol. The molecule has 8 heteroatoms. The van der Waals surface area contributed by atoms with Crippen LogP contribution in [0.1, 0.15) is 34.8 Å². The smallest absolute Gasteiger partial charge is 0.268 e. The summed E-state index contributed by atoms with van der Waals surface area (Å²) in [5.41, 5.74) is 13.5. The first-order valence-electron chi connectivity index (χ1n) is 8.86. The minimum Gasteiger partial charge on any atom is -0.364 e. The fourth-order valence-electron chi connectivity index (χ4n) is 4.00. The van der Waals surface area contributed by atoms with Crippen molar-refractivity contribution in [3.8, 4) is 0 Å². The number of aromatic nitrogens is 1. The number of amides is 1. The van der Waals surface area contributed by atoms with Crippen LogP contribution in [0.2, 0.25) is 0 Å². The number of halogens is 1. The molecule has 4 rings (SSSR count). The summed E-state index contributed by atoms with van der Waals surface area (Å²) < 4.78 is 13.2. The Balaban J connectivity index is 1.49. The average Bonchev–Trinajstić information content (AvgIpc) is 3.32. The Labute approximate surface area is 155 Å². The molecule has 3 atom stereocenters. The Hall–Kier alpha value is -2.03. The maximum Gasteiger partial charge on any atom is 0.268 e. The van der Waals surface area contributed by atoms with E-state index in [2.05, 4.69) is 20.7 Å². The quantitative estimate of drug-likeness (QED) is 0.760. The van der Waals surface area contributed by atoms with Crippen molar-refractivity contribution in [2.24, 2.45) is 11.7 Å². The number of carbonyl (C=O) groups is 1. The van der Waals surface area contributed by atoms with Crippen molar-refractivity contribution < 1.29 is 9.18 Å². The predicted octanol–water partition coefficient (Wildman–Crippen LogP) is 1.86. The van der Waals surface area contributed by atoms with Crippen LogP contribution in [0.25, 0.3) is 0 Å². The summed E-state index contributed by atoms with van der Waals surface area (Å²) in [5, 5.41) is 2.57. The van der Waals surface area contributed by atoms with Gasteiger partial charge in [0.05, 0.1) is 0 Å². The van der Waals surface area contributed by atoms with Crippen LogP contribution in [-0.2, 0) is 0 Å². The van der Waals surface area contributed by atoms with E-state index < -0.39 is 5.91 Å². The van der Waals surface area contributed by atoms with Crippen molar-refractivity contribution in [3.63, 3.8) is 0 Å². The molecule has 1 aromatic heterocycles. The van der Waals surface area contributed by atoms with Gasteiger partial charge in [0.25, 0.3) is 5.91 Å². The summed E-state index contributed by atoms with van der Waals surface area (Å²) in [6.45, 7) is 2.64. The highest BCUT2D eigenvalue weighted by molar-refractivity contribution is 7.13. The topological polar surface area (TPSA) is 83.3 Å². The van der Waals surface area contributed by atoms with Crippen LogP contribution in [0, 0.1) is 11.7 Å². The number of carbonyl (C=O) groups excluding carboxylic acids is 1. The van der Waals surface area contributed by atoms with Crippen molar-refractivity contribution in [1.29, 1.82) is 0 Å². The Kier molecular flexibility index (Phi) is 4.88. The summed E-state index contributed by atoms with van der Waals surface area (Å²) >= 11 is 1.46. The number of anilines is 1. The largest absolute Gasteiger partial charge is 0.364 e. The molecule has 0 aliphatic carbocycles. The Morgan fingerprint density at radius 3 is 2.88 bits per heavy atom. The number of benzene rings is 1. The minimum absolute atomic E-state index is 0.206. The van der Waals surface area contributed by atoms with Gasteiger partial charge in [-0.05, 0) is 36.5 Å². The first-order chi connectivity index (χ1) is 12.6. The number of primary amides is 1. The Morgan fingerprint density at radius 2 is 2.15 bits per heavy atom. The SMILES string of the molecule is NC(=O)c1csc(N2CCCC(C3NNCC3c3ccc(F)cc3)C2)n1. The van der Waals surface area contributed by atoms with Gasteiger partial charge in [0.2, 0.25) is 0 Å². The van der Waals surface area contributed by atoms with Crippen LogP contribution in [0.3, 0.4) is 0 Å². The molecule has 6 nitrogen and oxygen atoms in total. The lowest BCUT2D eigenvalue weighted by Gasteiger charge is -2.37. The van der Waals surface area contributed by atoms with Gasteiger partial charge >= 0.3 is 0 Å². The first kappa shape index (κ1) is 17.4. The summed E-state index contributed by atoms with van der Waals surface area (Å²) in [6.07, 6.45) is 2.20. The molecule has 2 aliphatic heterocycles. The molecule has 26 heavy (non-hydrogen) atoms. The maximum absolute atomic E-state index is 13.2. The van der Waals surface area contributed by atoms with Gasteiger partial charge in [0.1, 0.15) is 11.5 Å². The fraction of sp³-hybridized carbons (Fsp3) is 0.444. The third-order valence-corrected chi connectivity index (χ3v) is 6.20. The number of nitrogens with one attached hydrogen (secondary N) is 2. The maximum atomic E-state index is 13.2. The lowest BCUT2D eigenvalue weighted by atomic mass is 9.81. The number of piperidine rings is 1. The molecule has 3 heterocycles. The number of nitrogens with two attached hydrogens (primary N) is 1. The van der Waals surface area contributed by atoms with Gasteiger partial charge in [-0.3, -0.25) is 15.6 Å². The van der Waals surface area contributed by atoms with E-state index >= 15 is 0 Å². The normalized spacial score (nSPS) is 26.2. The number of hydrogen-bond acceptors (Lipinski definition) is 6. The van der Waals surface area contributed by atoms with Crippen LogP contribution in [0.15, 0.2) is 29.6 Å². The van der Waals surface area contributed by atoms with E-state index in [1.165, 1.54) is 23.5 Å². The van der Waals surface area contributed by atoms with Crippen LogP contribution in [0.5, 0.6) is 0 Å². The summed E-state index contributed by atoms with van der Waals surface area (Å²) in [5.74, 6) is 0.0499. The van der Waals surface area contributed by atoms with Crippen LogP contribution in [0.4, 0.5) is 9.52 Å². The van der Waals surface area contributed by atoms with Crippen LogP contribution >= 0.6 is 11.3 Å². The van der Waals surface area contributed by atoms with E-state index in [0.29, 0.717) is 17.5 Å². The summed E-state index contributed by atoms with van der Waals surface area (Å²) in [4.78, 5) is 17.9. The van der Waals surface area contributed by atoms with Gasteiger partial charge in [0, 0.05) is 37.0 Å². The third-order valence-electron chi connectivity index (χ3n) is 5.30. The standard InChI is InChI=1S/C18H22FN5OS/c19-13-5-3-11(4-6-13)14-8-21-23-16(14)12-2-1-7-24(9-12)18-22-15(10-26-18)17(20)25/h3-6,10,12,14,16,21,23H,1-2,7-9H2,(H2,20,25). The number of hydrogen-bond donors (Lipinski definition) is 3. The molecule has 0 radical (unpaired) electrons. The molecule has 4 N–H and O–H groups in total. The molecule has 0 saturated carbocycles. The highest BCUT2D eigenvalue weighted by atomic mass is 32.1. The highest BCUT2D eigenvalue weighted by Gasteiger charge is 2.37. The molecule has 0 spiro atoms. The van der Waals surface area contributed by atoms with Gasteiger partial charge < -0.3 is 10.6 Å². The Morgan fingerprint density at radius 1 is 1.35 bits per heavy atom. The Bertz CT molecular complexity index is 780. The summed E-state index contributed by atoms with van der Waals surface area (Å²) in [7, 11) is 0. The minimum atomic E-state index is -0.487. The number of thiazole rings is 1. The van der Waals surface area contributed by atoms with Gasteiger partial charge in [-0.25, -0.2) is 9.37 Å². The van der Waals surface area contributed by atoms with Crippen LogP contribution in [-0.4, -0.2) is 36.6 Å². The van der Waals surface area contributed by atoms with E-state index in [1.54, 1.807) is 5.38 Å². The van der Waals surface area contributed by atoms with Gasteiger partial charge in [-0.1, -0.05) is 12.1 Å². The lowest BCUT2D eigenvalue weighted by Crippen LogP contribution is -2.46. The molecule has 2 saturated heterocycles. The molecule has 2 aromatic rings. The molecular formula is C18H22FN5OS. The zero-order chi connectivity index (χ0) is 18.1. The van der Waals surface area contributed by atoms with Gasteiger partial charge in [0.15, 0.2) is 5.13 Å². The molecule has 0 bridgehead atoms. The molecule has 2 aliphatic rings. The van der Waals surface area contributed by atoms with E-state index in [0.717, 1.165) is 43.2 Å². The van der Waals surface area contributed by atoms with Gasteiger partial charge in [-0.15, -0.1) is 11.3 Å². The van der Waals surface area contributed by atoms with Crippen LogP contribution < -0.4 is 21.5 Å². The second kappa shape index (κ2) is 7.30. The summed E-state index contributed by atoms with van der Waals surface area (Å²) in [6, 6.07) is 7.08. The number of nitrogens with zero attached hydrogens (tertiary/aromatic N) is 2. The average molecular weight is 375 g/mol. The highest BCUT2D eigenvalue weighted by Crippen LogP contribution is 2.34.